The van der Waals surface area contributed by atoms with Crippen molar-refractivity contribution in [3.8, 4) is 11.5 Å². The van der Waals surface area contributed by atoms with E-state index in [1.165, 1.54) is 48.5 Å². The maximum Gasteiger partial charge on any atom is 0.261 e. The lowest BCUT2D eigenvalue weighted by molar-refractivity contribution is -0.128. The standard InChI is InChI=1S/C18H19F2NO3/c1-2-17(24-16-9-5-14(20)6-10-16)18(22)21-11-12-23-15-7-3-13(19)4-8-15/h3-10,17H,2,11-12H2,1H3,(H,21,22)/t17-/m0/s1. The summed E-state index contributed by atoms with van der Waals surface area (Å²) >= 11 is 0. The van der Waals surface area contributed by atoms with E-state index in [-0.39, 0.29) is 24.1 Å². The molecule has 0 aliphatic carbocycles. The SMILES string of the molecule is CC[C@H](Oc1ccc(F)cc1)C(=O)NCCOc1ccc(F)cc1. The Morgan fingerprint density at radius 2 is 1.54 bits per heavy atom. The molecule has 4 nitrogen and oxygen atoms in total. The molecule has 128 valence electrons. The lowest BCUT2D eigenvalue weighted by Gasteiger charge is -2.17. The molecule has 0 aliphatic rings. The van der Waals surface area contributed by atoms with Crippen LogP contribution >= 0.6 is 0 Å². The van der Waals surface area contributed by atoms with Crippen LogP contribution in [0, 0.1) is 11.6 Å². The Morgan fingerprint density at radius 3 is 2.08 bits per heavy atom. The average molecular weight is 335 g/mol. The Kier molecular flexibility index (Phi) is 6.54. The summed E-state index contributed by atoms with van der Waals surface area (Å²) in [6.07, 6.45) is -0.191. The van der Waals surface area contributed by atoms with Crippen LogP contribution in [0.3, 0.4) is 0 Å². The zero-order valence-corrected chi connectivity index (χ0v) is 13.3. The number of ether oxygens (including phenoxy) is 2. The van der Waals surface area contributed by atoms with Gasteiger partial charge < -0.3 is 14.8 Å². The third-order valence-corrected chi connectivity index (χ3v) is 3.24. The molecule has 0 radical (unpaired) electrons. The Bertz CT molecular complexity index is 644. The fraction of sp³-hybridized carbons (Fsp3) is 0.278. The van der Waals surface area contributed by atoms with Crippen LogP contribution in [0.5, 0.6) is 11.5 Å². The molecule has 0 aliphatic heterocycles. The van der Waals surface area contributed by atoms with Gasteiger partial charge in [0.2, 0.25) is 0 Å². The molecule has 0 fully saturated rings. The first-order valence-corrected chi connectivity index (χ1v) is 7.67. The molecule has 2 rings (SSSR count). The van der Waals surface area contributed by atoms with E-state index in [1.807, 2.05) is 6.92 Å². The number of carbonyl (C=O) groups is 1. The Hall–Kier alpha value is -2.63. The van der Waals surface area contributed by atoms with Crippen LogP contribution in [0.2, 0.25) is 0 Å². The third kappa shape index (κ3) is 5.53. The zero-order chi connectivity index (χ0) is 17.4. The highest BCUT2D eigenvalue weighted by Gasteiger charge is 2.17. The predicted molar refractivity (Wildman–Crippen MR) is 86.0 cm³/mol. The minimum absolute atomic E-state index is 0.254. The van der Waals surface area contributed by atoms with Crippen molar-refractivity contribution in [2.45, 2.75) is 19.4 Å². The lowest BCUT2D eigenvalue weighted by Crippen LogP contribution is -2.39. The molecule has 0 heterocycles. The van der Waals surface area contributed by atoms with E-state index in [2.05, 4.69) is 5.32 Å². The van der Waals surface area contributed by atoms with Gasteiger partial charge in [-0.05, 0) is 55.0 Å². The molecule has 1 atom stereocenters. The van der Waals surface area contributed by atoms with Crippen molar-refractivity contribution in [3.63, 3.8) is 0 Å². The van der Waals surface area contributed by atoms with Gasteiger partial charge in [-0.3, -0.25) is 4.79 Å². The minimum Gasteiger partial charge on any atom is -0.492 e. The van der Waals surface area contributed by atoms with Crippen molar-refractivity contribution in [2.24, 2.45) is 0 Å². The van der Waals surface area contributed by atoms with Crippen molar-refractivity contribution in [3.05, 3.63) is 60.2 Å². The van der Waals surface area contributed by atoms with Crippen molar-refractivity contribution < 1.29 is 23.0 Å². The Morgan fingerprint density at radius 1 is 1.00 bits per heavy atom. The van der Waals surface area contributed by atoms with Gasteiger partial charge in [-0.2, -0.15) is 0 Å². The summed E-state index contributed by atoms with van der Waals surface area (Å²) < 4.78 is 36.6. The molecular weight excluding hydrogens is 316 g/mol. The van der Waals surface area contributed by atoms with Gasteiger partial charge in [0.25, 0.3) is 5.91 Å². The molecule has 6 heteroatoms. The quantitative estimate of drug-likeness (QED) is 0.753. The highest BCUT2D eigenvalue weighted by molar-refractivity contribution is 5.81. The largest absolute Gasteiger partial charge is 0.492 e. The summed E-state index contributed by atoms with van der Waals surface area (Å²) in [6.45, 7) is 2.37. The number of halogens is 2. The first-order valence-electron chi connectivity index (χ1n) is 7.67. The molecule has 0 unspecified atom stereocenters. The maximum atomic E-state index is 12.9. The second-order valence-corrected chi connectivity index (χ2v) is 5.06. The molecule has 2 aromatic carbocycles. The lowest BCUT2D eigenvalue weighted by atomic mass is 10.2. The van der Waals surface area contributed by atoms with Crippen LogP contribution < -0.4 is 14.8 Å². The molecule has 1 N–H and O–H groups in total. The van der Waals surface area contributed by atoms with Gasteiger partial charge in [0.15, 0.2) is 6.10 Å². The first kappa shape index (κ1) is 17.7. The van der Waals surface area contributed by atoms with Crippen LogP contribution in [-0.2, 0) is 4.79 Å². The Balaban J connectivity index is 1.75. The van der Waals surface area contributed by atoms with Crippen molar-refractivity contribution in [1.82, 2.24) is 5.32 Å². The zero-order valence-electron chi connectivity index (χ0n) is 13.3. The van der Waals surface area contributed by atoms with Gasteiger partial charge in [0.1, 0.15) is 29.7 Å². The summed E-state index contributed by atoms with van der Waals surface area (Å²) in [4.78, 5) is 12.1. The molecule has 0 saturated carbocycles. The van der Waals surface area contributed by atoms with E-state index < -0.39 is 6.10 Å². The number of hydrogen-bond donors (Lipinski definition) is 1. The summed E-state index contributed by atoms with van der Waals surface area (Å²) in [7, 11) is 0. The Labute approximate surface area is 139 Å². The van der Waals surface area contributed by atoms with E-state index >= 15 is 0 Å². The second kappa shape index (κ2) is 8.86. The molecule has 24 heavy (non-hydrogen) atoms. The summed E-state index contributed by atoms with van der Waals surface area (Å²) in [5.41, 5.74) is 0. The minimum atomic E-state index is -0.665. The van der Waals surface area contributed by atoms with Gasteiger partial charge in [-0.15, -0.1) is 0 Å². The maximum absolute atomic E-state index is 12.9. The fourth-order valence-electron chi connectivity index (χ4n) is 1.99. The molecule has 0 aromatic heterocycles. The van der Waals surface area contributed by atoms with Crippen molar-refractivity contribution in [1.29, 1.82) is 0 Å². The number of benzene rings is 2. The number of rotatable bonds is 8. The van der Waals surface area contributed by atoms with Gasteiger partial charge in [-0.25, -0.2) is 8.78 Å². The van der Waals surface area contributed by atoms with Gasteiger partial charge in [-0.1, -0.05) is 6.92 Å². The van der Waals surface area contributed by atoms with Crippen molar-refractivity contribution in [2.75, 3.05) is 13.2 Å². The highest BCUT2D eigenvalue weighted by Crippen LogP contribution is 2.14. The van der Waals surface area contributed by atoms with E-state index in [4.69, 9.17) is 9.47 Å². The predicted octanol–water partition coefficient (Wildman–Crippen LogP) is 3.32. The molecule has 2 aromatic rings. The summed E-state index contributed by atoms with van der Waals surface area (Å²) in [5, 5.41) is 2.71. The van der Waals surface area contributed by atoms with Crippen LogP contribution in [0.4, 0.5) is 8.78 Å². The molecule has 0 spiro atoms. The van der Waals surface area contributed by atoms with Gasteiger partial charge in [0, 0.05) is 0 Å². The fourth-order valence-corrected chi connectivity index (χ4v) is 1.99. The van der Waals surface area contributed by atoms with Gasteiger partial charge in [0.05, 0.1) is 6.54 Å². The molecule has 0 bridgehead atoms. The second-order valence-electron chi connectivity index (χ2n) is 5.06. The van der Waals surface area contributed by atoms with Crippen LogP contribution in [-0.4, -0.2) is 25.2 Å². The van der Waals surface area contributed by atoms with Crippen LogP contribution in [0.1, 0.15) is 13.3 Å². The van der Waals surface area contributed by atoms with E-state index in [1.54, 1.807) is 0 Å². The normalized spacial score (nSPS) is 11.6. The summed E-state index contributed by atoms with van der Waals surface area (Å²) in [5.74, 6) is -0.0112. The molecule has 0 saturated heterocycles. The summed E-state index contributed by atoms with van der Waals surface area (Å²) in [6, 6.07) is 11.1. The van der Waals surface area contributed by atoms with Crippen molar-refractivity contribution >= 4 is 5.91 Å². The number of hydrogen-bond acceptors (Lipinski definition) is 3. The van der Waals surface area contributed by atoms with E-state index in [0.717, 1.165) is 0 Å². The van der Waals surface area contributed by atoms with E-state index in [9.17, 15) is 13.6 Å². The average Bonchev–Trinajstić information content (AvgIpc) is 2.59. The number of carbonyl (C=O) groups excluding carboxylic acids is 1. The first-order chi connectivity index (χ1) is 11.6. The molecule has 1 amide bonds. The van der Waals surface area contributed by atoms with E-state index in [0.29, 0.717) is 24.5 Å². The third-order valence-electron chi connectivity index (χ3n) is 3.24. The monoisotopic (exact) mass is 335 g/mol. The molecular formula is C18H19F2NO3. The topological polar surface area (TPSA) is 47.6 Å². The van der Waals surface area contributed by atoms with Crippen LogP contribution in [0.25, 0.3) is 0 Å². The number of amides is 1. The van der Waals surface area contributed by atoms with Gasteiger partial charge >= 0.3 is 0 Å². The smallest absolute Gasteiger partial charge is 0.261 e. The highest BCUT2D eigenvalue weighted by atomic mass is 19.1. The van der Waals surface area contributed by atoms with Crippen LogP contribution in [0.15, 0.2) is 48.5 Å². The number of nitrogens with one attached hydrogen (secondary N) is 1.